The van der Waals surface area contributed by atoms with E-state index in [9.17, 15) is 13.6 Å². The van der Waals surface area contributed by atoms with Crippen LogP contribution in [0.1, 0.15) is 49.4 Å². The molecule has 0 N–H and O–H groups in total. The number of hydrogen-bond acceptors (Lipinski definition) is 6. The van der Waals surface area contributed by atoms with Gasteiger partial charge in [0.25, 0.3) is 0 Å². The van der Waals surface area contributed by atoms with Crippen LogP contribution in [-0.2, 0) is 29.0 Å². The molecule has 0 unspecified atom stereocenters. The molecule has 0 radical (unpaired) electrons. The van der Waals surface area contributed by atoms with Gasteiger partial charge in [-0.15, -0.1) is 8.78 Å². The molecule has 4 rings (SSSR count). The van der Waals surface area contributed by atoms with Crippen LogP contribution >= 0.6 is 0 Å². The maximum Gasteiger partial charge on any atom is 0.586 e. The standard InChI is InChI=1S/C26H31F2NO5/c1-6-20-15-29(14-19-10-22-23(11-21(19)32-20)34-26(27,28)33-22)13-18-9-17(8-7-16(18)2)12-25(3,4)24(30)31-5/h7-11,20H,6,12-15H2,1-5H3/t20-/m1/s1. The van der Waals surface area contributed by atoms with E-state index in [1.165, 1.54) is 13.2 Å². The Morgan fingerprint density at radius 1 is 1.18 bits per heavy atom. The van der Waals surface area contributed by atoms with Crippen LogP contribution in [0.4, 0.5) is 8.78 Å². The van der Waals surface area contributed by atoms with Crippen LogP contribution in [0.5, 0.6) is 17.2 Å². The van der Waals surface area contributed by atoms with Crippen molar-refractivity contribution in [1.82, 2.24) is 4.90 Å². The second kappa shape index (κ2) is 9.06. The first-order chi connectivity index (χ1) is 16.0. The zero-order valence-electron chi connectivity index (χ0n) is 20.2. The second-order valence-corrected chi connectivity index (χ2v) is 9.70. The maximum absolute atomic E-state index is 13.6. The van der Waals surface area contributed by atoms with Crippen LogP contribution in [0.3, 0.4) is 0 Å². The fourth-order valence-corrected chi connectivity index (χ4v) is 4.50. The fourth-order valence-electron chi connectivity index (χ4n) is 4.50. The number of ether oxygens (including phenoxy) is 4. The van der Waals surface area contributed by atoms with E-state index >= 15 is 0 Å². The molecule has 34 heavy (non-hydrogen) atoms. The van der Waals surface area contributed by atoms with Gasteiger partial charge < -0.3 is 18.9 Å². The van der Waals surface area contributed by atoms with Crippen LogP contribution < -0.4 is 14.2 Å². The number of benzene rings is 2. The van der Waals surface area contributed by atoms with Gasteiger partial charge in [-0.1, -0.05) is 25.1 Å². The summed E-state index contributed by atoms with van der Waals surface area (Å²) in [6, 6.07) is 9.32. The Kier molecular flexibility index (Phi) is 6.46. The van der Waals surface area contributed by atoms with E-state index in [2.05, 4.69) is 33.4 Å². The summed E-state index contributed by atoms with van der Waals surface area (Å²) in [4.78, 5) is 14.4. The SMILES string of the molecule is CC[C@@H]1CN(Cc2cc(CC(C)(C)C(=O)OC)ccc2C)Cc2cc3c(cc2O1)OC(F)(F)O3. The molecular formula is C26H31F2NO5. The lowest BCUT2D eigenvalue weighted by Crippen LogP contribution is -2.32. The number of carbonyl (C=O) groups excluding carboxylic acids is 1. The summed E-state index contributed by atoms with van der Waals surface area (Å²) < 4.78 is 47.5. The monoisotopic (exact) mass is 475 g/mol. The lowest BCUT2D eigenvalue weighted by molar-refractivity contribution is -0.286. The van der Waals surface area contributed by atoms with Crippen molar-refractivity contribution < 1.29 is 32.5 Å². The van der Waals surface area contributed by atoms with Gasteiger partial charge in [-0.2, -0.15) is 0 Å². The highest BCUT2D eigenvalue weighted by Gasteiger charge is 2.44. The number of carbonyl (C=O) groups is 1. The molecule has 2 aliphatic rings. The van der Waals surface area contributed by atoms with Gasteiger partial charge in [-0.3, -0.25) is 9.69 Å². The molecular weight excluding hydrogens is 444 g/mol. The molecule has 0 bridgehead atoms. The normalized spacial score (nSPS) is 19.2. The Hall–Kier alpha value is -2.87. The molecule has 0 fully saturated rings. The van der Waals surface area contributed by atoms with Crippen molar-refractivity contribution in [1.29, 1.82) is 0 Å². The minimum Gasteiger partial charge on any atom is -0.489 e. The maximum atomic E-state index is 13.6. The van der Waals surface area contributed by atoms with Gasteiger partial charge in [0.05, 0.1) is 12.5 Å². The summed E-state index contributed by atoms with van der Waals surface area (Å²) >= 11 is 0. The Morgan fingerprint density at radius 2 is 1.88 bits per heavy atom. The molecule has 2 aromatic carbocycles. The summed E-state index contributed by atoms with van der Waals surface area (Å²) in [6.07, 6.45) is -2.42. The molecule has 0 aromatic heterocycles. The molecule has 2 aromatic rings. The van der Waals surface area contributed by atoms with Gasteiger partial charge in [0.1, 0.15) is 11.9 Å². The van der Waals surface area contributed by atoms with E-state index in [1.54, 1.807) is 6.07 Å². The van der Waals surface area contributed by atoms with E-state index in [1.807, 2.05) is 26.8 Å². The van der Waals surface area contributed by atoms with Crippen molar-refractivity contribution in [3.63, 3.8) is 0 Å². The van der Waals surface area contributed by atoms with Crippen molar-refractivity contribution in [2.45, 2.75) is 66.0 Å². The third-order valence-electron chi connectivity index (χ3n) is 6.38. The number of hydrogen-bond donors (Lipinski definition) is 0. The first-order valence-corrected chi connectivity index (χ1v) is 11.5. The van der Waals surface area contributed by atoms with Gasteiger partial charge in [0.2, 0.25) is 0 Å². The molecule has 0 saturated carbocycles. The van der Waals surface area contributed by atoms with Gasteiger partial charge in [0, 0.05) is 31.3 Å². The average Bonchev–Trinajstić information content (AvgIpc) is 2.95. The number of rotatable bonds is 6. The van der Waals surface area contributed by atoms with Crippen molar-refractivity contribution in [2.24, 2.45) is 5.41 Å². The Balaban J connectivity index is 1.58. The molecule has 184 valence electrons. The highest BCUT2D eigenvalue weighted by Crippen LogP contribution is 2.45. The molecule has 6 nitrogen and oxygen atoms in total. The largest absolute Gasteiger partial charge is 0.586 e. The smallest absolute Gasteiger partial charge is 0.489 e. The molecule has 0 saturated heterocycles. The molecule has 0 aliphatic carbocycles. The van der Waals surface area contributed by atoms with E-state index < -0.39 is 11.7 Å². The van der Waals surface area contributed by atoms with E-state index in [0.717, 1.165) is 28.7 Å². The number of methoxy groups -OCH3 is 1. The predicted octanol–water partition coefficient (Wildman–Crippen LogP) is 5.23. The molecule has 0 amide bonds. The lowest BCUT2D eigenvalue weighted by atomic mass is 9.85. The van der Waals surface area contributed by atoms with Crippen LogP contribution in [0.25, 0.3) is 0 Å². The van der Waals surface area contributed by atoms with Crippen LogP contribution in [-0.4, -0.2) is 36.9 Å². The summed E-state index contributed by atoms with van der Waals surface area (Å²) in [5.41, 5.74) is 3.48. The van der Waals surface area contributed by atoms with Crippen LogP contribution in [0, 0.1) is 12.3 Å². The summed E-state index contributed by atoms with van der Waals surface area (Å²) in [6.45, 7) is 9.71. The van der Waals surface area contributed by atoms with E-state index in [0.29, 0.717) is 31.8 Å². The van der Waals surface area contributed by atoms with Crippen molar-refractivity contribution in [2.75, 3.05) is 13.7 Å². The van der Waals surface area contributed by atoms with Crippen molar-refractivity contribution in [3.05, 3.63) is 52.6 Å². The number of alkyl halides is 2. The van der Waals surface area contributed by atoms with Crippen molar-refractivity contribution in [3.8, 4) is 17.2 Å². The minimum atomic E-state index is -3.66. The zero-order chi connectivity index (χ0) is 24.7. The average molecular weight is 476 g/mol. The molecule has 8 heteroatoms. The Labute approximate surface area is 198 Å². The Bertz CT molecular complexity index is 1090. The van der Waals surface area contributed by atoms with Gasteiger partial charge >= 0.3 is 12.3 Å². The number of esters is 1. The van der Waals surface area contributed by atoms with Gasteiger partial charge in [-0.05, 0) is 56.4 Å². The predicted molar refractivity (Wildman–Crippen MR) is 122 cm³/mol. The van der Waals surface area contributed by atoms with Crippen molar-refractivity contribution >= 4 is 5.97 Å². The number of aryl methyl sites for hydroxylation is 1. The molecule has 0 spiro atoms. The number of fused-ring (bicyclic) bond motifs is 2. The van der Waals surface area contributed by atoms with E-state index in [4.69, 9.17) is 9.47 Å². The topological polar surface area (TPSA) is 57.2 Å². The second-order valence-electron chi connectivity index (χ2n) is 9.70. The third-order valence-corrected chi connectivity index (χ3v) is 6.38. The third kappa shape index (κ3) is 5.12. The Morgan fingerprint density at radius 3 is 2.56 bits per heavy atom. The quantitative estimate of drug-likeness (QED) is 0.533. The molecule has 2 heterocycles. The van der Waals surface area contributed by atoms with Gasteiger partial charge in [-0.25, -0.2) is 0 Å². The highest BCUT2D eigenvalue weighted by atomic mass is 19.3. The van der Waals surface area contributed by atoms with E-state index in [-0.39, 0.29) is 23.6 Å². The van der Waals surface area contributed by atoms with Crippen LogP contribution in [0.2, 0.25) is 0 Å². The number of nitrogens with zero attached hydrogens (tertiary/aromatic N) is 1. The number of halogens is 2. The lowest BCUT2D eigenvalue weighted by Gasteiger charge is -2.25. The summed E-state index contributed by atoms with van der Waals surface area (Å²) in [5.74, 6) is 0.306. The molecule has 2 aliphatic heterocycles. The zero-order valence-corrected chi connectivity index (χ0v) is 20.2. The summed E-state index contributed by atoms with van der Waals surface area (Å²) in [5, 5.41) is 0. The molecule has 1 atom stereocenters. The summed E-state index contributed by atoms with van der Waals surface area (Å²) in [7, 11) is 1.40. The minimum absolute atomic E-state index is 0.0104. The van der Waals surface area contributed by atoms with Crippen LogP contribution in [0.15, 0.2) is 30.3 Å². The fraction of sp³-hybridized carbons (Fsp3) is 0.500. The first kappa shape index (κ1) is 24.3. The first-order valence-electron chi connectivity index (χ1n) is 11.5. The highest BCUT2D eigenvalue weighted by molar-refractivity contribution is 5.76. The van der Waals surface area contributed by atoms with Gasteiger partial charge in [0.15, 0.2) is 11.5 Å².